The van der Waals surface area contributed by atoms with Crippen LogP contribution in [-0.4, -0.2) is 24.1 Å². The Labute approximate surface area is 89.6 Å². The van der Waals surface area contributed by atoms with Crippen molar-refractivity contribution in [3.8, 4) is 0 Å². The van der Waals surface area contributed by atoms with Gasteiger partial charge in [0.1, 0.15) is 0 Å². The molecule has 2 atom stereocenters. The van der Waals surface area contributed by atoms with E-state index in [4.69, 9.17) is 14.6 Å². The summed E-state index contributed by atoms with van der Waals surface area (Å²) in [5.74, 6) is 0. The van der Waals surface area contributed by atoms with Crippen LogP contribution < -0.4 is 0 Å². The molecule has 1 aromatic rings. The molecule has 0 radical (unpaired) electrons. The third-order valence-corrected chi connectivity index (χ3v) is 2.50. The van der Waals surface area contributed by atoms with Gasteiger partial charge < -0.3 is 14.6 Å². The second kappa shape index (κ2) is 5.26. The molecule has 0 amide bonds. The van der Waals surface area contributed by atoms with E-state index in [1.807, 2.05) is 30.3 Å². The monoisotopic (exact) mass is 208 g/mol. The molecule has 1 aliphatic rings. The molecule has 0 aromatic heterocycles. The van der Waals surface area contributed by atoms with E-state index >= 15 is 0 Å². The zero-order valence-corrected chi connectivity index (χ0v) is 8.63. The standard InChI is InChI=1S/C12H16O3/c13-12-7-6-11(15-12)9-14-8-10-4-2-1-3-5-10/h1-5,11-13H,6-9H2. The maximum Gasteiger partial charge on any atom is 0.155 e. The highest BCUT2D eigenvalue weighted by Gasteiger charge is 2.22. The fourth-order valence-corrected chi connectivity index (χ4v) is 1.69. The molecule has 0 aliphatic carbocycles. The van der Waals surface area contributed by atoms with E-state index in [9.17, 15) is 0 Å². The van der Waals surface area contributed by atoms with E-state index in [0.717, 1.165) is 18.4 Å². The van der Waals surface area contributed by atoms with Gasteiger partial charge in [-0.05, 0) is 12.0 Å². The van der Waals surface area contributed by atoms with Gasteiger partial charge in [-0.3, -0.25) is 0 Å². The van der Waals surface area contributed by atoms with Crippen LogP contribution in [0.3, 0.4) is 0 Å². The average molecular weight is 208 g/mol. The summed E-state index contributed by atoms with van der Waals surface area (Å²) in [6.07, 6.45) is 1.08. The molecule has 1 aliphatic heterocycles. The predicted molar refractivity (Wildman–Crippen MR) is 56.2 cm³/mol. The van der Waals surface area contributed by atoms with Crippen LogP contribution in [0.4, 0.5) is 0 Å². The van der Waals surface area contributed by atoms with Crippen LogP contribution in [0.25, 0.3) is 0 Å². The number of ether oxygens (including phenoxy) is 2. The van der Waals surface area contributed by atoms with Crippen molar-refractivity contribution >= 4 is 0 Å². The van der Waals surface area contributed by atoms with Gasteiger partial charge in [0, 0.05) is 6.42 Å². The Balaban J connectivity index is 1.67. The first kappa shape index (κ1) is 10.6. The summed E-state index contributed by atoms with van der Waals surface area (Å²) < 4.78 is 10.7. The van der Waals surface area contributed by atoms with Crippen LogP contribution in [0, 0.1) is 0 Å². The van der Waals surface area contributed by atoms with Gasteiger partial charge in [-0.2, -0.15) is 0 Å². The smallest absolute Gasteiger partial charge is 0.155 e. The van der Waals surface area contributed by atoms with Crippen LogP contribution in [0.1, 0.15) is 18.4 Å². The normalized spacial score (nSPS) is 25.7. The van der Waals surface area contributed by atoms with Crippen molar-refractivity contribution in [2.75, 3.05) is 6.61 Å². The lowest BCUT2D eigenvalue weighted by molar-refractivity contribution is -0.109. The maximum atomic E-state index is 9.14. The molecular weight excluding hydrogens is 192 g/mol. The number of benzene rings is 1. The molecule has 1 heterocycles. The fourth-order valence-electron chi connectivity index (χ4n) is 1.69. The van der Waals surface area contributed by atoms with Crippen LogP contribution in [0.5, 0.6) is 0 Å². The van der Waals surface area contributed by atoms with Crippen molar-refractivity contribution in [2.24, 2.45) is 0 Å². The highest BCUT2D eigenvalue weighted by atomic mass is 16.6. The van der Waals surface area contributed by atoms with Gasteiger partial charge in [0.25, 0.3) is 0 Å². The lowest BCUT2D eigenvalue weighted by atomic mass is 10.2. The highest BCUT2D eigenvalue weighted by Crippen LogP contribution is 2.17. The van der Waals surface area contributed by atoms with Crippen molar-refractivity contribution in [1.29, 1.82) is 0 Å². The minimum absolute atomic E-state index is 0.0590. The second-order valence-electron chi connectivity index (χ2n) is 3.79. The summed E-state index contributed by atoms with van der Waals surface area (Å²) in [4.78, 5) is 0. The van der Waals surface area contributed by atoms with Crippen molar-refractivity contribution < 1.29 is 14.6 Å². The summed E-state index contributed by atoms with van der Waals surface area (Å²) in [5.41, 5.74) is 1.16. The molecule has 0 saturated carbocycles. The predicted octanol–water partition coefficient (Wildman–Crippen LogP) is 1.70. The quantitative estimate of drug-likeness (QED) is 0.818. The molecule has 1 N–H and O–H groups in total. The Morgan fingerprint density at radius 3 is 2.73 bits per heavy atom. The minimum Gasteiger partial charge on any atom is -0.374 e. The summed E-state index contributed by atoms with van der Waals surface area (Å²) in [7, 11) is 0. The number of hydrogen-bond acceptors (Lipinski definition) is 3. The van der Waals surface area contributed by atoms with Gasteiger partial charge in [-0.15, -0.1) is 0 Å². The summed E-state index contributed by atoms with van der Waals surface area (Å²) in [5, 5.41) is 9.14. The molecule has 0 bridgehead atoms. The number of rotatable bonds is 4. The second-order valence-corrected chi connectivity index (χ2v) is 3.79. The molecular formula is C12H16O3. The van der Waals surface area contributed by atoms with Crippen molar-refractivity contribution in [3.63, 3.8) is 0 Å². The zero-order valence-electron chi connectivity index (χ0n) is 8.63. The zero-order chi connectivity index (χ0) is 10.5. The Morgan fingerprint density at radius 2 is 2.07 bits per heavy atom. The van der Waals surface area contributed by atoms with E-state index in [1.54, 1.807) is 0 Å². The molecule has 1 saturated heterocycles. The van der Waals surface area contributed by atoms with E-state index < -0.39 is 6.29 Å². The summed E-state index contributed by atoms with van der Waals surface area (Å²) in [6, 6.07) is 10.0. The van der Waals surface area contributed by atoms with Crippen LogP contribution in [0.15, 0.2) is 30.3 Å². The maximum absolute atomic E-state index is 9.14. The Hall–Kier alpha value is -0.900. The molecule has 2 rings (SSSR count). The van der Waals surface area contributed by atoms with Gasteiger partial charge >= 0.3 is 0 Å². The van der Waals surface area contributed by atoms with E-state index in [2.05, 4.69) is 0 Å². The van der Waals surface area contributed by atoms with Crippen LogP contribution in [-0.2, 0) is 16.1 Å². The number of aliphatic hydroxyl groups excluding tert-OH is 1. The average Bonchev–Trinajstić information content (AvgIpc) is 2.66. The van der Waals surface area contributed by atoms with Gasteiger partial charge in [0.2, 0.25) is 0 Å². The number of hydrogen-bond donors (Lipinski definition) is 1. The van der Waals surface area contributed by atoms with Crippen molar-refractivity contribution in [1.82, 2.24) is 0 Å². The lowest BCUT2D eigenvalue weighted by Crippen LogP contribution is -2.16. The van der Waals surface area contributed by atoms with E-state index in [1.165, 1.54) is 0 Å². The van der Waals surface area contributed by atoms with Crippen molar-refractivity contribution in [2.45, 2.75) is 31.8 Å². The molecule has 1 aromatic carbocycles. The molecule has 15 heavy (non-hydrogen) atoms. The fraction of sp³-hybridized carbons (Fsp3) is 0.500. The lowest BCUT2D eigenvalue weighted by Gasteiger charge is -2.10. The highest BCUT2D eigenvalue weighted by molar-refractivity contribution is 5.13. The van der Waals surface area contributed by atoms with Crippen molar-refractivity contribution in [3.05, 3.63) is 35.9 Å². The summed E-state index contributed by atoms with van der Waals surface area (Å²) in [6.45, 7) is 1.17. The molecule has 3 heteroatoms. The van der Waals surface area contributed by atoms with E-state index in [-0.39, 0.29) is 6.10 Å². The SMILES string of the molecule is OC1CCC(COCc2ccccc2)O1. The first-order valence-corrected chi connectivity index (χ1v) is 5.30. The third-order valence-electron chi connectivity index (χ3n) is 2.50. The van der Waals surface area contributed by atoms with Crippen LogP contribution in [0.2, 0.25) is 0 Å². The first-order valence-electron chi connectivity index (χ1n) is 5.30. The molecule has 1 fully saturated rings. The van der Waals surface area contributed by atoms with Gasteiger partial charge in [0.15, 0.2) is 6.29 Å². The minimum atomic E-state index is -0.588. The molecule has 82 valence electrons. The van der Waals surface area contributed by atoms with Gasteiger partial charge in [-0.25, -0.2) is 0 Å². The Kier molecular flexibility index (Phi) is 3.72. The molecule has 0 spiro atoms. The topological polar surface area (TPSA) is 38.7 Å². The summed E-state index contributed by atoms with van der Waals surface area (Å²) >= 11 is 0. The third kappa shape index (κ3) is 3.30. The Morgan fingerprint density at radius 1 is 1.27 bits per heavy atom. The van der Waals surface area contributed by atoms with E-state index in [0.29, 0.717) is 13.2 Å². The van der Waals surface area contributed by atoms with Crippen LogP contribution >= 0.6 is 0 Å². The van der Waals surface area contributed by atoms with Gasteiger partial charge in [0.05, 0.1) is 19.3 Å². The number of aliphatic hydroxyl groups is 1. The molecule has 3 nitrogen and oxygen atoms in total. The largest absolute Gasteiger partial charge is 0.374 e. The van der Waals surface area contributed by atoms with Gasteiger partial charge in [-0.1, -0.05) is 30.3 Å². The first-order chi connectivity index (χ1) is 7.34. The Bertz CT molecular complexity index is 286. The molecule has 2 unspecified atom stereocenters.